The highest BCUT2D eigenvalue weighted by Crippen LogP contribution is 2.17. The highest BCUT2D eigenvalue weighted by Gasteiger charge is 2.25. The fraction of sp³-hybridized carbons (Fsp3) is 0.438. The first-order chi connectivity index (χ1) is 9.91. The number of aryl methyl sites for hydroxylation is 1. The molecule has 0 saturated carbocycles. The van der Waals surface area contributed by atoms with E-state index in [1.54, 1.807) is 38.1 Å². The van der Waals surface area contributed by atoms with Crippen LogP contribution >= 0.6 is 0 Å². The molecule has 114 valence electrons. The summed E-state index contributed by atoms with van der Waals surface area (Å²) in [5, 5.41) is 0. The molecule has 4 nitrogen and oxygen atoms in total. The smallest absolute Gasteiger partial charge is 0.243 e. The summed E-state index contributed by atoms with van der Waals surface area (Å²) in [6.45, 7) is 5.78. The van der Waals surface area contributed by atoms with E-state index in [0.717, 1.165) is 11.8 Å². The first-order valence-electron chi connectivity index (χ1n) is 6.83. The second-order valence-electron chi connectivity index (χ2n) is 4.97. The Morgan fingerprint density at radius 3 is 2.43 bits per heavy atom. The first-order valence-corrected chi connectivity index (χ1v) is 8.27. The normalized spacial score (nSPS) is 12.6. The van der Waals surface area contributed by atoms with Crippen LogP contribution in [0.5, 0.6) is 0 Å². The Labute approximate surface area is 127 Å². The summed E-state index contributed by atoms with van der Waals surface area (Å²) < 4.78 is 26.6. The van der Waals surface area contributed by atoms with Crippen LogP contribution in [0.2, 0.25) is 0 Å². The quantitative estimate of drug-likeness (QED) is 0.573. The van der Waals surface area contributed by atoms with E-state index in [-0.39, 0.29) is 23.9 Å². The average molecular weight is 307 g/mol. The van der Waals surface area contributed by atoms with Crippen LogP contribution < -0.4 is 0 Å². The van der Waals surface area contributed by atoms with Gasteiger partial charge in [-0.1, -0.05) is 24.6 Å². The molecule has 5 heteroatoms. The standard InChI is InChI=1S/C16H21NO3S/c1-4-5-6-11-17(12-15(3)13-18)21(19,20)16-9-7-14(2)8-10-16/h7-10,13,15H,6,11-12H2,1-3H3. The molecule has 0 saturated heterocycles. The molecule has 0 bridgehead atoms. The summed E-state index contributed by atoms with van der Waals surface area (Å²) in [5.41, 5.74) is 0.999. The summed E-state index contributed by atoms with van der Waals surface area (Å²) in [6, 6.07) is 6.71. The van der Waals surface area contributed by atoms with Gasteiger partial charge in [0.25, 0.3) is 0 Å². The minimum absolute atomic E-state index is 0.172. The number of rotatable bonds is 7. The zero-order chi connectivity index (χ0) is 15.9. The minimum atomic E-state index is -3.60. The van der Waals surface area contributed by atoms with Crippen molar-refractivity contribution >= 4 is 16.3 Å². The lowest BCUT2D eigenvalue weighted by atomic mass is 10.2. The molecule has 1 unspecified atom stereocenters. The van der Waals surface area contributed by atoms with E-state index in [2.05, 4.69) is 11.8 Å². The van der Waals surface area contributed by atoms with Gasteiger partial charge in [-0.25, -0.2) is 8.42 Å². The number of nitrogens with zero attached hydrogens (tertiary/aromatic N) is 1. The van der Waals surface area contributed by atoms with Crippen LogP contribution in [-0.4, -0.2) is 32.1 Å². The molecule has 0 radical (unpaired) electrons. The van der Waals surface area contributed by atoms with Crippen LogP contribution in [0.3, 0.4) is 0 Å². The van der Waals surface area contributed by atoms with Gasteiger partial charge in [-0.2, -0.15) is 4.31 Å². The lowest BCUT2D eigenvalue weighted by Crippen LogP contribution is -2.36. The Morgan fingerprint density at radius 1 is 1.29 bits per heavy atom. The Kier molecular flexibility index (Phi) is 6.60. The molecule has 0 spiro atoms. The summed E-state index contributed by atoms with van der Waals surface area (Å²) in [5.74, 6) is 5.26. The van der Waals surface area contributed by atoms with Gasteiger partial charge in [-0.15, -0.1) is 11.8 Å². The van der Waals surface area contributed by atoms with Crippen molar-refractivity contribution in [3.8, 4) is 11.8 Å². The van der Waals surface area contributed by atoms with Gasteiger partial charge in [0.1, 0.15) is 6.29 Å². The van der Waals surface area contributed by atoms with Gasteiger partial charge in [0, 0.05) is 25.4 Å². The van der Waals surface area contributed by atoms with Crippen LogP contribution in [-0.2, 0) is 14.8 Å². The highest BCUT2D eigenvalue weighted by atomic mass is 32.2. The summed E-state index contributed by atoms with van der Waals surface area (Å²) in [7, 11) is -3.60. The van der Waals surface area contributed by atoms with Gasteiger partial charge >= 0.3 is 0 Å². The van der Waals surface area contributed by atoms with Crippen molar-refractivity contribution < 1.29 is 13.2 Å². The van der Waals surface area contributed by atoms with E-state index in [1.807, 2.05) is 6.92 Å². The van der Waals surface area contributed by atoms with E-state index in [9.17, 15) is 13.2 Å². The van der Waals surface area contributed by atoms with Gasteiger partial charge < -0.3 is 4.79 Å². The van der Waals surface area contributed by atoms with Crippen molar-refractivity contribution in [2.75, 3.05) is 13.1 Å². The summed E-state index contributed by atoms with van der Waals surface area (Å²) in [6.07, 6.45) is 1.22. The van der Waals surface area contributed by atoms with Crippen molar-refractivity contribution in [1.29, 1.82) is 0 Å². The van der Waals surface area contributed by atoms with Crippen LogP contribution in [0, 0.1) is 24.7 Å². The van der Waals surface area contributed by atoms with Gasteiger partial charge in [-0.3, -0.25) is 0 Å². The van der Waals surface area contributed by atoms with Crippen LogP contribution in [0.1, 0.15) is 25.8 Å². The average Bonchev–Trinajstić information content (AvgIpc) is 2.46. The second-order valence-corrected chi connectivity index (χ2v) is 6.90. The van der Waals surface area contributed by atoms with Crippen molar-refractivity contribution in [2.24, 2.45) is 5.92 Å². The van der Waals surface area contributed by atoms with E-state index < -0.39 is 10.0 Å². The molecule has 0 N–H and O–H groups in total. The number of hydrogen-bond acceptors (Lipinski definition) is 3. The molecule has 0 heterocycles. The van der Waals surface area contributed by atoms with Gasteiger partial charge in [0.2, 0.25) is 10.0 Å². The summed E-state index contributed by atoms with van der Waals surface area (Å²) in [4.78, 5) is 11.1. The molecule has 1 aromatic rings. The molecule has 0 aliphatic heterocycles. The molecular formula is C16H21NO3S. The number of sulfonamides is 1. The maximum Gasteiger partial charge on any atom is 0.243 e. The van der Waals surface area contributed by atoms with Crippen molar-refractivity contribution in [3.63, 3.8) is 0 Å². The Morgan fingerprint density at radius 2 is 1.90 bits per heavy atom. The number of aldehydes is 1. The van der Waals surface area contributed by atoms with Crippen LogP contribution in [0.15, 0.2) is 29.2 Å². The molecular weight excluding hydrogens is 286 g/mol. The number of carbonyl (C=O) groups is 1. The SMILES string of the molecule is CC#CCCN(CC(C)C=O)S(=O)(=O)c1ccc(C)cc1. The Bertz CT molecular complexity index is 624. The van der Waals surface area contributed by atoms with Crippen LogP contribution in [0.4, 0.5) is 0 Å². The van der Waals surface area contributed by atoms with Gasteiger partial charge in [0.05, 0.1) is 4.90 Å². The Balaban J connectivity index is 3.05. The topological polar surface area (TPSA) is 54.5 Å². The molecule has 0 amide bonds. The lowest BCUT2D eigenvalue weighted by Gasteiger charge is -2.22. The monoisotopic (exact) mass is 307 g/mol. The van der Waals surface area contributed by atoms with E-state index in [4.69, 9.17) is 0 Å². The molecule has 21 heavy (non-hydrogen) atoms. The Hall–Kier alpha value is -1.64. The molecule has 0 fully saturated rings. The highest BCUT2D eigenvalue weighted by molar-refractivity contribution is 7.89. The van der Waals surface area contributed by atoms with Crippen LogP contribution in [0.25, 0.3) is 0 Å². The predicted octanol–water partition coefficient (Wildman–Crippen LogP) is 2.23. The van der Waals surface area contributed by atoms with Gasteiger partial charge in [-0.05, 0) is 26.0 Å². The third-order valence-electron chi connectivity index (χ3n) is 3.05. The molecule has 0 aliphatic carbocycles. The fourth-order valence-corrected chi connectivity index (χ4v) is 3.38. The molecule has 1 atom stereocenters. The number of carbonyl (C=O) groups excluding carboxylic acids is 1. The van der Waals surface area contributed by atoms with Crippen molar-refractivity contribution in [2.45, 2.75) is 32.1 Å². The zero-order valence-electron chi connectivity index (χ0n) is 12.7. The minimum Gasteiger partial charge on any atom is -0.303 e. The molecule has 1 rings (SSSR count). The number of hydrogen-bond donors (Lipinski definition) is 0. The van der Waals surface area contributed by atoms with E-state index in [1.165, 1.54) is 4.31 Å². The fourth-order valence-electron chi connectivity index (χ4n) is 1.84. The van der Waals surface area contributed by atoms with Crippen molar-refractivity contribution in [3.05, 3.63) is 29.8 Å². The molecule has 0 aromatic heterocycles. The zero-order valence-corrected chi connectivity index (χ0v) is 13.5. The predicted molar refractivity (Wildman–Crippen MR) is 83.2 cm³/mol. The number of benzene rings is 1. The third-order valence-corrected chi connectivity index (χ3v) is 4.93. The van der Waals surface area contributed by atoms with E-state index in [0.29, 0.717) is 6.42 Å². The molecule has 0 aliphatic rings. The maximum absolute atomic E-state index is 12.7. The molecule has 1 aromatic carbocycles. The van der Waals surface area contributed by atoms with E-state index >= 15 is 0 Å². The van der Waals surface area contributed by atoms with Gasteiger partial charge in [0.15, 0.2) is 0 Å². The largest absolute Gasteiger partial charge is 0.303 e. The summed E-state index contributed by atoms with van der Waals surface area (Å²) >= 11 is 0. The maximum atomic E-state index is 12.7. The second kappa shape index (κ2) is 7.96. The first kappa shape index (κ1) is 17.4. The lowest BCUT2D eigenvalue weighted by molar-refractivity contribution is -0.110. The third kappa shape index (κ3) is 5.00. The van der Waals surface area contributed by atoms with Crippen molar-refractivity contribution in [1.82, 2.24) is 4.31 Å².